The van der Waals surface area contributed by atoms with Crippen LogP contribution < -0.4 is 21.7 Å². The highest BCUT2D eigenvalue weighted by Crippen LogP contribution is 2.13. The summed E-state index contributed by atoms with van der Waals surface area (Å²) in [6.45, 7) is 2.74. The number of carboxylic acid groups (broad SMARTS) is 1. The lowest BCUT2D eigenvalue weighted by Crippen LogP contribution is -2.59. The molecule has 13 nitrogen and oxygen atoms in total. The van der Waals surface area contributed by atoms with E-state index in [2.05, 4.69) is 25.9 Å². The number of benzene rings is 1. The molecule has 0 saturated carbocycles. The van der Waals surface area contributed by atoms with Crippen LogP contribution in [0, 0.1) is 5.92 Å². The number of carbonyl (C=O) groups is 4. The Kier molecular flexibility index (Phi) is 11.0. The molecule has 1 heterocycles. The molecular formula is C24H34N6O7. The van der Waals surface area contributed by atoms with Gasteiger partial charge in [0.05, 0.1) is 19.0 Å². The fourth-order valence-electron chi connectivity index (χ4n) is 3.48. The maximum atomic E-state index is 13.3. The molecule has 9 N–H and O–H groups in total. The molecule has 2 aromatic rings. The SMILES string of the molecule is CCC(C)C(NC(=O)C(N)Cc1cnc[nH]1)C(=O)NC(Cc1ccc(O)cc1)C(=O)NC(CO)C(=O)O. The lowest BCUT2D eigenvalue weighted by Gasteiger charge is -2.28. The largest absolute Gasteiger partial charge is 0.508 e. The van der Waals surface area contributed by atoms with Crippen molar-refractivity contribution < 1.29 is 34.5 Å². The Balaban J connectivity index is 2.21. The molecule has 2 rings (SSSR count). The summed E-state index contributed by atoms with van der Waals surface area (Å²) in [5.74, 6) is -3.84. The molecule has 0 spiro atoms. The van der Waals surface area contributed by atoms with E-state index >= 15 is 0 Å². The summed E-state index contributed by atoms with van der Waals surface area (Å²) >= 11 is 0. The molecule has 5 atom stereocenters. The van der Waals surface area contributed by atoms with E-state index in [0.29, 0.717) is 17.7 Å². The first-order valence-electron chi connectivity index (χ1n) is 11.8. The second-order valence-electron chi connectivity index (χ2n) is 8.77. The number of hydrogen-bond donors (Lipinski definition) is 8. The smallest absolute Gasteiger partial charge is 0.328 e. The molecule has 202 valence electrons. The van der Waals surface area contributed by atoms with Crippen LogP contribution in [-0.4, -0.2) is 79.8 Å². The van der Waals surface area contributed by atoms with Crippen LogP contribution in [-0.2, 0) is 32.0 Å². The van der Waals surface area contributed by atoms with Gasteiger partial charge in [0, 0.05) is 24.7 Å². The Labute approximate surface area is 213 Å². The first kappa shape index (κ1) is 29.3. The molecule has 0 bridgehead atoms. The Morgan fingerprint density at radius 1 is 1.00 bits per heavy atom. The highest BCUT2D eigenvalue weighted by molar-refractivity contribution is 5.94. The van der Waals surface area contributed by atoms with Gasteiger partial charge in [-0.05, 0) is 23.6 Å². The van der Waals surface area contributed by atoms with Gasteiger partial charge in [-0.2, -0.15) is 0 Å². The summed E-state index contributed by atoms with van der Waals surface area (Å²) < 4.78 is 0. The van der Waals surface area contributed by atoms with E-state index in [1.165, 1.54) is 24.7 Å². The van der Waals surface area contributed by atoms with E-state index in [1.54, 1.807) is 19.1 Å². The van der Waals surface area contributed by atoms with Gasteiger partial charge in [-0.3, -0.25) is 14.4 Å². The summed E-state index contributed by atoms with van der Waals surface area (Å²) in [5.41, 5.74) is 7.22. The number of phenolic OH excluding ortho intramolecular Hbond substituents is 1. The van der Waals surface area contributed by atoms with Crippen molar-refractivity contribution in [3.63, 3.8) is 0 Å². The van der Waals surface area contributed by atoms with E-state index < -0.39 is 54.5 Å². The second-order valence-corrected chi connectivity index (χ2v) is 8.77. The molecule has 0 aliphatic rings. The van der Waals surface area contributed by atoms with Gasteiger partial charge >= 0.3 is 5.97 Å². The van der Waals surface area contributed by atoms with Crippen LogP contribution in [0.4, 0.5) is 0 Å². The van der Waals surface area contributed by atoms with E-state index in [1.807, 2.05) is 6.92 Å². The van der Waals surface area contributed by atoms with Crippen molar-refractivity contribution in [1.29, 1.82) is 0 Å². The fraction of sp³-hybridized carbons (Fsp3) is 0.458. The molecule has 0 aliphatic heterocycles. The molecule has 1 aromatic carbocycles. The molecule has 3 amide bonds. The lowest BCUT2D eigenvalue weighted by atomic mass is 9.96. The number of H-pyrrole nitrogens is 1. The number of aliphatic hydroxyl groups excluding tert-OH is 1. The summed E-state index contributed by atoms with van der Waals surface area (Å²) in [7, 11) is 0. The third kappa shape index (κ3) is 8.88. The lowest BCUT2D eigenvalue weighted by molar-refractivity contribution is -0.143. The van der Waals surface area contributed by atoms with E-state index in [9.17, 15) is 34.5 Å². The number of aliphatic carboxylic acids is 1. The van der Waals surface area contributed by atoms with Gasteiger partial charge in [0.25, 0.3) is 0 Å². The number of aromatic hydroxyl groups is 1. The number of carbonyl (C=O) groups excluding carboxylic acids is 3. The number of rotatable bonds is 14. The van der Waals surface area contributed by atoms with Crippen LogP contribution in [0.2, 0.25) is 0 Å². The number of aromatic amines is 1. The zero-order valence-corrected chi connectivity index (χ0v) is 20.7. The van der Waals surface area contributed by atoms with Gasteiger partial charge in [0.15, 0.2) is 0 Å². The quantitative estimate of drug-likeness (QED) is 0.150. The second kappa shape index (κ2) is 13.9. The average Bonchev–Trinajstić information content (AvgIpc) is 3.38. The van der Waals surface area contributed by atoms with Crippen molar-refractivity contribution in [2.75, 3.05) is 6.61 Å². The van der Waals surface area contributed by atoms with Gasteiger partial charge in [-0.1, -0.05) is 32.4 Å². The van der Waals surface area contributed by atoms with Crippen LogP contribution in [0.1, 0.15) is 31.5 Å². The number of nitrogens with two attached hydrogens (primary N) is 1. The molecule has 13 heteroatoms. The van der Waals surface area contributed by atoms with Gasteiger partial charge in [0.1, 0.15) is 23.9 Å². The minimum Gasteiger partial charge on any atom is -0.508 e. The van der Waals surface area contributed by atoms with Crippen molar-refractivity contribution in [2.45, 2.75) is 57.3 Å². The van der Waals surface area contributed by atoms with Gasteiger partial charge in [0.2, 0.25) is 17.7 Å². The van der Waals surface area contributed by atoms with Crippen LogP contribution in [0.3, 0.4) is 0 Å². The first-order valence-corrected chi connectivity index (χ1v) is 11.8. The minimum atomic E-state index is -1.57. The third-order valence-electron chi connectivity index (χ3n) is 5.93. The van der Waals surface area contributed by atoms with Gasteiger partial charge < -0.3 is 42.0 Å². The highest BCUT2D eigenvalue weighted by atomic mass is 16.4. The summed E-state index contributed by atoms with van der Waals surface area (Å²) in [4.78, 5) is 57.0. The molecule has 0 saturated heterocycles. The maximum Gasteiger partial charge on any atom is 0.328 e. The number of aromatic nitrogens is 2. The van der Waals surface area contributed by atoms with Crippen molar-refractivity contribution in [2.24, 2.45) is 11.7 Å². The zero-order valence-electron chi connectivity index (χ0n) is 20.7. The summed E-state index contributed by atoms with van der Waals surface area (Å²) in [5, 5.41) is 35.5. The predicted molar refractivity (Wildman–Crippen MR) is 132 cm³/mol. The minimum absolute atomic E-state index is 0.00558. The van der Waals surface area contributed by atoms with E-state index in [0.717, 1.165) is 0 Å². The predicted octanol–water partition coefficient (Wildman–Crippen LogP) is -1.19. The fourth-order valence-corrected chi connectivity index (χ4v) is 3.48. The Morgan fingerprint density at radius 2 is 1.65 bits per heavy atom. The average molecular weight is 519 g/mol. The van der Waals surface area contributed by atoms with E-state index in [4.69, 9.17) is 5.73 Å². The molecule has 0 aliphatic carbocycles. The maximum absolute atomic E-state index is 13.3. The normalized spacial score (nSPS) is 15.0. The van der Waals surface area contributed by atoms with Crippen molar-refractivity contribution >= 4 is 23.7 Å². The number of imidazole rings is 1. The molecular weight excluding hydrogens is 484 g/mol. The first-order chi connectivity index (χ1) is 17.5. The van der Waals surface area contributed by atoms with Crippen LogP contribution in [0.25, 0.3) is 0 Å². The number of aliphatic hydroxyl groups is 1. The number of carboxylic acids is 1. The van der Waals surface area contributed by atoms with Gasteiger partial charge in [-0.15, -0.1) is 0 Å². The number of hydrogen-bond acceptors (Lipinski definition) is 8. The molecule has 0 radical (unpaired) electrons. The standard InChI is InChI=1S/C24H34N6O7/c1-3-13(2)20(30-21(33)17(25)9-15-10-26-12-27-15)23(35)28-18(8-14-4-6-16(32)7-5-14)22(34)29-19(11-31)24(36)37/h4-7,10,12-13,17-20,31-32H,3,8-9,11,25H2,1-2H3,(H,26,27)(H,28,35)(H,29,34)(H,30,33)(H,36,37). The van der Waals surface area contributed by atoms with Crippen molar-refractivity contribution in [3.05, 3.63) is 48.0 Å². The molecule has 1 aromatic heterocycles. The highest BCUT2D eigenvalue weighted by Gasteiger charge is 2.32. The molecule has 0 fully saturated rings. The van der Waals surface area contributed by atoms with Crippen LogP contribution in [0.5, 0.6) is 5.75 Å². The van der Waals surface area contributed by atoms with Crippen molar-refractivity contribution in [1.82, 2.24) is 25.9 Å². The van der Waals surface area contributed by atoms with Crippen LogP contribution >= 0.6 is 0 Å². The Bertz CT molecular complexity index is 1040. The monoisotopic (exact) mass is 518 g/mol. The Hall–Kier alpha value is -3.97. The number of amides is 3. The van der Waals surface area contributed by atoms with Gasteiger partial charge in [-0.25, -0.2) is 9.78 Å². The number of nitrogens with zero attached hydrogens (tertiary/aromatic N) is 1. The Morgan fingerprint density at radius 3 is 2.19 bits per heavy atom. The van der Waals surface area contributed by atoms with Crippen molar-refractivity contribution in [3.8, 4) is 5.75 Å². The molecule has 37 heavy (non-hydrogen) atoms. The summed E-state index contributed by atoms with van der Waals surface area (Å²) in [6, 6.07) is 1.09. The topological polar surface area (TPSA) is 220 Å². The van der Waals surface area contributed by atoms with E-state index in [-0.39, 0.29) is 24.5 Å². The third-order valence-corrected chi connectivity index (χ3v) is 5.93. The number of nitrogens with one attached hydrogen (secondary N) is 4. The molecule has 5 unspecified atom stereocenters. The van der Waals surface area contributed by atoms with Crippen LogP contribution in [0.15, 0.2) is 36.8 Å². The number of phenols is 1. The summed E-state index contributed by atoms with van der Waals surface area (Å²) in [6.07, 6.45) is 3.64. The zero-order chi connectivity index (χ0) is 27.5.